The molecule has 0 aliphatic carbocycles. The number of carbonyl (C=O) groups excluding carboxylic acids is 2. The van der Waals surface area contributed by atoms with E-state index in [0.29, 0.717) is 5.03 Å². The largest absolute Gasteiger partial charge is 0.346 e. The van der Waals surface area contributed by atoms with Crippen molar-refractivity contribution in [3.8, 4) is 11.3 Å². The Bertz CT molecular complexity index is 1310. The highest BCUT2D eigenvalue weighted by molar-refractivity contribution is 8.00. The van der Waals surface area contributed by atoms with Crippen molar-refractivity contribution >= 4 is 40.0 Å². The van der Waals surface area contributed by atoms with Crippen molar-refractivity contribution in [1.29, 1.82) is 0 Å². The van der Waals surface area contributed by atoms with Gasteiger partial charge in [0.15, 0.2) is 0 Å². The first-order valence-electron chi connectivity index (χ1n) is 10.6. The minimum absolute atomic E-state index is 0.0911. The Morgan fingerprint density at radius 2 is 1.55 bits per heavy atom. The first-order chi connectivity index (χ1) is 16.0. The Morgan fingerprint density at radius 1 is 0.818 bits per heavy atom. The summed E-state index contributed by atoms with van der Waals surface area (Å²) in [4.78, 5) is 24.6. The van der Waals surface area contributed by atoms with Gasteiger partial charge in [0.2, 0.25) is 11.8 Å². The first kappa shape index (κ1) is 22.5. The number of benzene rings is 3. The number of hydrogen-bond donors (Lipinski definition) is 2. The molecule has 2 amide bonds. The van der Waals surface area contributed by atoms with Crippen molar-refractivity contribution < 1.29 is 9.59 Å². The fraction of sp³-hybridized carbons (Fsp3) is 0.154. The summed E-state index contributed by atoms with van der Waals surface area (Å²) in [5, 5.41) is 16.9. The molecule has 0 atom stereocenters. The minimum Gasteiger partial charge on any atom is -0.346 e. The van der Waals surface area contributed by atoms with Crippen LogP contribution in [0, 0.1) is 13.8 Å². The molecule has 4 aromatic rings. The van der Waals surface area contributed by atoms with E-state index in [1.807, 2.05) is 86.6 Å². The monoisotopic (exact) mass is 456 g/mol. The van der Waals surface area contributed by atoms with E-state index in [4.69, 9.17) is 0 Å². The van der Waals surface area contributed by atoms with Crippen molar-refractivity contribution in [1.82, 2.24) is 15.5 Å². The minimum atomic E-state index is -0.264. The summed E-state index contributed by atoms with van der Waals surface area (Å²) < 4.78 is 0. The lowest BCUT2D eigenvalue weighted by Gasteiger charge is -2.11. The van der Waals surface area contributed by atoms with Crippen LogP contribution in [0.25, 0.3) is 22.0 Å². The SMILES string of the molecule is Cc1cccc(NC(=O)CNC(=O)CSc2nnc(-c3ccccc3)c3ccccc23)c1C. The van der Waals surface area contributed by atoms with Crippen LogP contribution in [0.4, 0.5) is 5.69 Å². The van der Waals surface area contributed by atoms with E-state index in [-0.39, 0.29) is 24.1 Å². The lowest BCUT2D eigenvalue weighted by atomic mass is 10.1. The summed E-state index contributed by atoms with van der Waals surface area (Å²) in [6, 6.07) is 23.5. The molecule has 33 heavy (non-hydrogen) atoms. The molecule has 166 valence electrons. The van der Waals surface area contributed by atoms with E-state index in [1.165, 1.54) is 11.8 Å². The number of nitrogens with one attached hydrogen (secondary N) is 2. The van der Waals surface area contributed by atoms with Crippen LogP contribution in [-0.2, 0) is 9.59 Å². The molecule has 1 aromatic heterocycles. The third-order valence-corrected chi connectivity index (χ3v) is 6.35. The molecule has 0 fully saturated rings. The second-order valence-corrected chi connectivity index (χ2v) is 8.59. The highest BCUT2D eigenvalue weighted by Gasteiger charge is 2.13. The third kappa shape index (κ3) is 5.38. The van der Waals surface area contributed by atoms with Gasteiger partial charge in [-0.25, -0.2) is 0 Å². The predicted molar refractivity (Wildman–Crippen MR) is 133 cm³/mol. The van der Waals surface area contributed by atoms with E-state index < -0.39 is 0 Å². The van der Waals surface area contributed by atoms with Crippen LogP contribution in [0.15, 0.2) is 77.8 Å². The topological polar surface area (TPSA) is 84.0 Å². The Balaban J connectivity index is 1.38. The molecule has 0 saturated heterocycles. The zero-order valence-corrected chi connectivity index (χ0v) is 19.3. The number of anilines is 1. The summed E-state index contributed by atoms with van der Waals surface area (Å²) >= 11 is 1.30. The maximum atomic E-state index is 12.4. The van der Waals surface area contributed by atoms with Crippen molar-refractivity contribution in [3.05, 3.63) is 83.9 Å². The maximum Gasteiger partial charge on any atom is 0.243 e. The molecule has 0 aliphatic rings. The number of aryl methyl sites for hydroxylation is 1. The molecule has 7 heteroatoms. The van der Waals surface area contributed by atoms with Crippen molar-refractivity contribution in [2.75, 3.05) is 17.6 Å². The number of aromatic nitrogens is 2. The van der Waals surface area contributed by atoms with Crippen LogP contribution in [0.2, 0.25) is 0 Å². The van der Waals surface area contributed by atoms with Gasteiger partial charge < -0.3 is 10.6 Å². The quantitative estimate of drug-likeness (QED) is 0.392. The van der Waals surface area contributed by atoms with Crippen molar-refractivity contribution in [2.45, 2.75) is 18.9 Å². The molecule has 0 unspecified atom stereocenters. The second-order valence-electron chi connectivity index (χ2n) is 7.63. The van der Waals surface area contributed by atoms with E-state index in [0.717, 1.165) is 38.8 Å². The van der Waals surface area contributed by atoms with Crippen LogP contribution in [-0.4, -0.2) is 34.3 Å². The molecule has 0 aliphatic heterocycles. The van der Waals surface area contributed by atoms with Gasteiger partial charge in [0.25, 0.3) is 0 Å². The second kappa shape index (κ2) is 10.3. The molecule has 6 nitrogen and oxygen atoms in total. The molecule has 2 N–H and O–H groups in total. The number of thioether (sulfide) groups is 1. The normalized spacial score (nSPS) is 10.7. The highest BCUT2D eigenvalue weighted by Crippen LogP contribution is 2.31. The fourth-order valence-corrected chi connectivity index (χ4v) is 4.24. The van der Waals surface area contributed by atoms with Crippen LogP contribution in [0.5, 0.6) is 0 Å². The Kier molecular flexibility index (Phi) is 7.00. The number of rotatable bonds is 7. The van der Waals surface area contributed by atoms with Crippen molar-refractivity contribution in [3.63, 3.8) is 0 Å². The van der Waals surface area contributed by atoms with E-state index in [9.17, 15) is 9.59 Å². The smallest absolute Gasteiger partial charge is 0.243 e. The van der Waals surface area contributed by atoms with Crippen LogP contribution in [0.3, 0.4) is 0 Å². The van der Waals surface area contributed by atoms with Crippen molar-refractivity contribution in [2.24, 2.45) is 0 Å². The highest BCUT2D eigenvalue weighted by atomic mass is 32.2. The molecule has 0 bridgehead atoms. The van der Waals surface area contributed by atoms with E-state index in [1.54, 1.807) is 0 Å². The predicted octanol–water partition coefficient (Wildman–Crippen LogP) is 4.76. The van der Waals surface area contributed by atoms with Gasteiger partial charge in [-0.05, 0) is 31.0 Å². The summed E-state index contributed by atoms with van der Waals surface area (Å²) in [6.07, 6.45) is 0. The van der Waals surface area contributed by atoms with Gasteiger partial charge in [0.05, 0.1) is 12.3 Å². The number of nitrogens with zero attached hydrogens (tertiary/aromatic N) is 2. The number of hydrogen-bond acceptors (Lipinski definition) is 5. The Labute approximate surface area is 196 Å². The van der Waals surface area contributed by atoms with Gasteiger partial charge in [0.1, 0.15) is 10.7 Å². The summed E-state index contributed by atoms with van der Waals surface area (Å²) in [7, 11) is 0. The van der Waals surface area contributed by atoms with E-state index >= 15 is 0 Å². The summed E-state index contributed by atoms with van der Waals surface area (Å²) in [5.74, 6) is -0.367. The number of amides is 2. The number of carbonyl (C=O) groups is 2. The molecule has 3 aromatic carbocycles. The molecule has 0 radical (unpaired) electrons. The average Bonchev–Trinajstić information content (AvgIpc) is 2.84. The fourth-order valence-electron chi connectivity index (χ4n) is 3.44. The Morgan fingerprint density at radius 3 is 2.33 bits per heavy atom. The molecular weight excluding hydrogens is 432 g/mol. The lowest BCUT2D eigenvalue weighted by Crippen LogP contribution is -2.34. The molecule has 1 heterocycles. The zero-order valence-electron chi connectivity index (χ0n) is 18.5. The maximum absolute atomic E-state index is 12.4. The van der Waals surface area contributed by atoms with Gasteiger partial charge in [0, 0.05) is 22.0 Å². The van der Waals surface area contributed by atoms with Gasteiger partial charge in [-0.3, -0.25) is 9.59 Å². The van der Waals surface area contributed by atoms with E-state index in [2.05, 4.69) is 20.8 Å². The zero-order chi connectivity index (χ0) is 23.2. The molecule has 4 rings (SSSR count). The van der Waals surface area contributed by atoms with Gasteiger partial charge >= 0.3 is 0 Å². The van der Waals surface area contributed by atoms with Gasteiger partial charge in [-0.1, -0.05) is 78.5 Å². The van der Waals surface area contributed by atoms with Gasteiger partial charge in [-0.2, -0.15) is 0 Å². The summed E-state index contributed by atoms with van der Waals surface area (Å²) in [5.41, 5.74) is 4.66. The number of fused-ring (bicyclic) bond motifs is 1. The van der Waals surface area contributed by atoms with Gasteiger partial charge in [-0.15, -0.1) is 10.2 Å². The summed E-state index contributed by atoms with van der Waals surface area (Å²) in [6.45, 7) is 3.85. The van der Waals surface area contributed by atoms with Crippen LogP contribution >= 0.6 is 11.8 Å². The standard InChI is InChI=1S/C26H24N4O2S/c1-17-9-8-14-22(18(17)2)28-23(31)15-27-24(32)16-33-26-21-13-7-6-12-20(21)25(29-30-26)19-10-4-3-5-11-19/h3-14H,15-16H2,1-2H3,(H,27,32)(H,28,31). The molecule has 0 saturated carbocycles. The van der Waals surface area contributed by atoms with Crippen LogP contribution < -0.4 is 10.6 Å². The molecular formula is C26H24N4O2S. The third-order valence-electron chi connectivity index (χ3n) is 5.37. The Hall–Kier alpha value is -3.71. The average molecular weight is 457 g/mol. The lowest BCUT2D eigenvalue weighted by molar-refractivity contribution is -0.122. The van der Waals surface area contributed by atoms with Crippen LogP contribution in [0.1, 0.15) is 11.1 Å². The molecule has 0 spiro atoms. The first-order valence-corrected chi connectivity index (χ1v) is 11.6.